The van der Waals surface area contributed by atoms with E-state index in [1.165, 1.54) is 6.20 Å². The lowest BCUT2D eigenvalue weighted by molar-refractivity contribution is -0.130. The van der Waals surface area contributed by atoms with Crippen molar-refractivity contribution in [2.75, 3.05) is 31.1 Å². The highest BCUT2D eigenvalue weighted by Crippen LogP contribution is 2.19. The molecule has 26 heavy (non-hydrogen) atoms. The molecule has 1 N–H and O–H groups in total. The third-order valence-electron chi connectivity index (χ3n) is 4.75. The zero-order valence-corrected chi connectivity index (χ0v) is 14.4. The van der Waals surface area contributed by atoms with E-state index >= 15 is 0 Å². The Labute approximate surface area is 151 Å². The maximum absolute atomic E-state index is 12.7. The second-order valence-electron chi connectivity index (χ2n) is 6.41. The molecule has 3 aromatic rings. The van der Waals surface area contributed by atoms with Crippen LogP contribution < -0.4 is 4.90 Å². The molecule has 0 spiro atoms. The summed E-state index contributed by atoms with van der Waals surface area (Å²) >= 11 is 0. The van der Waals surface area contributed by atoms with Gasteiger partial charge in [-0.3, -0.25) is 9.78 Å². The summed E-state index contributed by atoms with van der Waals surface area (Å²) in [6.07, 6.45) is 3.58. The Balaban J connectivity index is 1.41. The Hall–Kier alpha value is -3.15. The van der Waals surface area contributed by atoms with Crippen molar-refractivity contribution in [3.05, 3.63) is 60.4 Å². The van der Waals surface area contributed by atoms with Gasteiger partial charge in [0.1, 0.15) is 11.6 Å². The lowest BCUT2D eigenvalue weighted by atomic mass is 10.1. The summed E-state index contributed by atoms with van der Waals surface area (Å²) in [5.74, 6) is 1.11. The SMILES string of the molecule is O=C(Cc1cccc2cccnc12)N1CCN(c2ccc(O)cn2)CC1. The summed E-state index contributed by atoms with van der Waals surface area (Å²) in [6.45, 7) is 2.80. The first-order valence-corrected chi connectivity index (χ1v) is 8.71. The number of hydrogen-bond acceptors (Lipinski definition) is 5. The second-order valence-corrected chi connectivity index (χ2v) is 6.41. The fraction of sp³-hybridized carbons (Fsp3) is 0.250. The van der Waals surface area contributed by atoms with Crippen LogP contribution in [0.1, 0.15) is 5.56 Å². The first-order chi connectivity index (χ1) is 12.7. The maximum atomic E-state index is 12.7. The topological polar surface area (TPSA) is 69.6 Å². The summed E-state index contributed by atoms with van der Waals surface area (Å²) in [6, 6.07) is 13.3. The maximum Gasteiger partial charge on any atom is 0.227 e. The van der Waals surface area contributed by atoms with Gasteiger partial charge in [-0.1, -0.05) is 24.3 Å². The number of piperazine rings is 1. The number of carbonyl (C=O) groups excluding carboxylic acids is 1. The highest BCUT2D eigenvalue weighted by Gasteiger charge is 2.22. The predicted molar refractivity (Wildman–Crippen MR) is 100 cm³/mol. The van der Waals surface area contributed by atoms with E-state index in [4.69, 9.17) is 0 Å². The van der Waals surface area contributed by atoms with Crippen LogP contribution in [0.25, 0.3) is 10.9 Å². The van der Waals surface area contributed by atoms with E-state index in [9.17, 15) is 9.90 Å². The number of hydrogen-bond donors (Lipinski definition) is 1. The molecule has 3 heterocycles. The van der Waals surface area contributed by atoms with E-state index in [0.717, 1.165) is 35.4 Å². The highest BCUT2D eigenvalue weighted by atomic mass is 16.3. The number of nitrogens with zero attached hydrogens (tertiary/aromatic N) is 4. The number of anilines is 1. The number of para-hydroxylation sites is 1. The molecule has 0 aliphatic carbocycles. The van der Waals surface area contributed by atoms with Crippen LogP contribution in [0.5, 0.6) is 5.75 Å². The number of rotatable bonds is 3. The quantitative estimate of drug-likeness (QED) is 0.786. The average Bonchev–Trinajstić information content (AvgIpc) is 2.69. The van der Waals surface area contributed by atoms with Crippen LogP contribution >= 0.6 is 0 Å². The molecule has 1 aromatic carbocycles. The van der Waals surface area contributed by atoms with E-state index in [1.807, 2.05) is 35.2 Å². The molecule has 1 aliphatic heterocycles. The van der Waals surface area contributed by atoms with Gasteiger partial charge in [0.15, 0.2) is 0 Å². The fourth-order valence-corrected chi connectivity index (χ4v) is 3.34. The number of aromatic hydroxyl groups is 1. The van der Waals surface area contributed by atoms with E-state index in [-0.39, 0.29) is 11.7 Å². The van der Waals surface area contributed by atoms with E-state index in [0.29, 0.717) is 19.5 Å². The molecule has 0 unspecified atom stereocenters. The summed E-state index contributed by atoms with van der Waals surface area (Å²) in [4.78, 5) is 25.4. The second kappa shape index (κ2) is 7.00. The Bertz CT molecular complexity index is 913. The van der Waals surface area contributed by atoms with Crippen LogP contribution in [0.15, 0.2) is 54.9 Å². The zero-order valence-electron chi connectivity index (χ0n) is 14.4. The van der Waals surface area contributed by atoms with Crippen LogP contribution in [-0.2, 0) is 11.2 Å². The highest BCUT2D eigenvalue weighted by molar-refractivity contribution is 5.87. The molecule has 2 aromatic heterocycles. The number of amides is 1. The standard InChI is InChI=1S/C20H20N4O2/c25-17-6-7-18(22-14-17)23-9-11-24(12-10-23)19(26)13-16-4-1-3-15-5-2-8-21-20(15)16/h1-8,14,25H,9-13H2. The molecule has 0 bridgehead atoms. The van der Waals surface area contributed by atoms with Crippen molar-refractivity contribution in [1.29, 1.82) is 0 Å². The largest absolute Gasteiger partial charge is 0.506 e. The molecule has 0 radical (unpaired) electrons. The molecule has 1 aliphatic rings. The fourth-order valence-electron chi connectivity index (χ4n) is 3.34. The van der Waals surface area contributed by atoms with E-state index in [1.54, 1.807) is 18.3 Å². The Morgan fingerprint density at radius 1 is 1.00 bits per heavy atom. The summed E-state index contributed by atoms with van der Waals surface area (Å²) in [5.41, 5.74) is 1.87. The van der Waals surface area contributed by atoms with Crippen LogP contribution in [0, 0.1) is 0 Å². The molecule has 6 nitrogen and oxygen atoms in total. The van der Waals surface area contributed by atoms with Gasteiger partial charge < -0.3 is 14.9 Å². The molecular weight excluding hydrogens is 328 g/mol. The van der Waals surface area contributed by atoms with E-state index in [2.05, 4.69) is 14.9 Å². The number of aromatic nitrogens is 2. The van der Waals surface area contributed by atoms with Gasteiger partial charge in [0.25, 0.3) is 0 Å². The summed E-state index contributed by atoms with van der Waals surface area (Å²) in [5, 5.41) is 10.4. The summed E-state index contributed by atoms with van der Waals surface area (Å²) < 4.78 is 0. The third-order valence-corrected chi connectivity index (χ3v) is 4.75. The van der Waals surface area contributed by atoms with Crippen molar-refractivity contribution in [2.45, 2.75) is 6.42 Å². The van der Waals surface area contributed by atoms with Crippen molar-refractivity contribution >= 4 is 22.6 Å². The van der Waals surface area contributed by atoms with Crippen molar-refractivity contribution < 1.29 is 9.90 Å². The van der Waals surface area contributed by atoms with Crippen molar-refractivity contribution in [3.63, 3.8) is 0 Å². The smallest absolute Gasteiger partial charge is 0.227 e. The Morgan fingerprint density at radius 3 is 2.58 bits per heavy atom. The lowest BCUT2D eigenvalue weighted by Crippen LogP contribution is -2.49. The van der Waals surface area contributed by atoms with Gasteiger partial charge in [-0.05, 0) is 23.8 Å². The van der Waals surface area contributed by atoms with Gasteiger partial charge in [-0.2, -0.15) is 0 Å². The van der Waals surface area contributed by atoms with Crippen LogP contribution in [0.3, 0.4) is 0 Å². The molecule has 0 atom stereocenters. The summed E-state index contributed by atoms with van der Waals surface area (Å²) in [7, 11) is 0. The minimum atomic E-state index is 0.126. The number of benzene rings is 1. The van der Waals surface area contributed by atoms with Crippen molar-refractivity contribution in [1.82, 2.24) is 14.9 Å². The molecule has 0 saturated carbocycles. The first kappa shape index (κ1) is 16.3. The zero-order chi connectivity index (χ0) is 17.9. The van der Waals surface area contributed by atoms with Gasteiger partial charge in [-0.25, -0.2) is 4.98 Å². The molecule has 1 fully saturated rings. The molecule has 1 saturated heterocycles. The first-order valence-electron chi connectivity index (χ1n) is 8.71. The van der Waals surface area contributed by atoms with Gasteiger partial charge >= 0.3 is 0 Å². The predicted octanol–water partition coefficient (Wildman–Crippen LogP) is 2.23. The van der Waals surface area contributed by atoms with Gasteiger partial charge in [-0.15, -0.1) is 0 Å². The third kappa shape index (κ3) is 3.31. The Kier molecular flexibility index (Phi) is 4.39. The van der Waals surface area contributed by atoms with Gasteiger partial charge in [0.2, 0.25) is 5.91 Å². The van der Waals surface area contributed by atoms with Crippen molar-refractivity contribution in [3.8, 4) is 5.75 Å². The molecule has 1 amide bonds. The number of carbonyl (C=O) groups is 1. The van der Waals surface area contributed by atoms with Crippen molar-refractivity contribution in [2.24, 2.45) is 0 Å². The van der Waals surface area contributed by atoms with Gasteiger partial charge in [0, 0.05) is 37.8 Å². The minimum Gasteiger partial charge on any atom is -0.506 e. The minimum absolute atomic E-state index is 0.126. The average molecular weight is 348 g/mol. The van der Waals surface area contributed by atoms with Crippen LogP contribution in [0.4, 0.5) is 5.82 Å². The monoisotopic (exact) mass is 348 g/mol. The number of fused-ring (bicyclic) bond motifs is 1. The molecule has 4 rings (SSSR count). The Morgan fingerprint density at radius 2 is 1.81 bits per heavy atom. The number of pyridine rings is 2. The normalized spacial score (nSPS) is 14.6. The van der Waals surface area contributed by atoms with E-state index < -0.39 is 0 Å². The van der Waals surface area contributed by atoms with Gasteiger partial charge in [0.05, 0.1) is 18.1 Å². The molecular formula is C20H20N4O2. The van der Waals surface area contributed by atoms with Crippen LogP contribution in [0.2, 0.25) is 0 Å². The molecule has 132 valence electrons. The lowest BCUT2D eigenvalue weighted by Gasteiger charge is -2.35. The molecule has 6 heteroatoms. The van der Waals surface area contributed by atoms with Crippen LogP contribution in [-0.4, -0.2) is 52.1 Å².